The van der Waals surface area contributed by atoms with Crippen LogP contribution in [0.4, 0.5) is 4.39 Å². The fourth-order valence-corrected chi connectivity index (χ4v) is 4.35. The van der Waals surface area contributed by atoms with Gasteiger partial charge < -0.3 is 25.0 Å². The highest BCUT2D eigenvalue weighted by molar-refractivity contribution is 7.46. The van der Waals surface area contributed by atoms with Gasteiger partial charge in [-0.25, -0.2) is 8.96 Å². The summed E-state index contributed by atoms with van der Waals surface area (Å²) in [5.74, 6) is -0.481. The molecule has 4 N–H and O–H groups in total. The minimum Gasteiger partial charge on any atom is -0.490 e. The number of halogens is 3. The molecule has 0 amide bonds. The molecule has 1 aromatic heterocycles. The summed E-state index contributed by atoms with van der Waals surface area (Å²) < 4.78 is 40.6. The van der Waals surface area contributed by atoms with Gasteiger partial charge in [0.1, 0.15) is 28.4 Å². The van der Waals surface area contributed by atoms with E-state index in [0.29, 0.717) is 26.9 Å². The van der Waals surface area contributed by atoms with Gasteiger partial charge in [0.05, 0.1) is 29.3 Å². The maximum absolute atomic E-state index is 14.6. The first kappa shape index (κ1) is 29.9. The van der Waals surface area contributed by atoms with Gasteiger partial charge in [-0.15, -0.1) is 22.6 Å². The van der Waals surface area contributed by atoms with Crippen LogP contribution in [0.2, 0.25) is 5.02 Å². The number of nitrogens with two attached hydrogens (primary N) is 1. The molecule has 1 unspecified atom stereocenters. The summed E-state index contributed by atoms with van der Waals surface area (Å²) in [7, 11) is -4.67. The standard InChI is InChI=1S/C21H21ClFN4O6PS.ClH/c1-11(2)33-18-4-3-12(5-13(18)8-24)20-26-27-21(35-20)15-6-17(23)19(7-16(15)22)31-9-14(25)10-32-34(28,29)30;/h3-7,11,14H,9-10,25H2,1-2H3,(H2,28,29,30);1H. The first-order valence-corrected chi connectivity index (χ1v) is 12.8. The van der Waals surface area contributed by atoms with Crippen molar-refractivity contribution in [2.24, 2.45) is 5.73 Å². The van der Waals surface area contributed by atoms with E-state index in [-0.39, 0.29) is 41.5 Å². The third-order valence-electron chi connectivity index (χ3n) is 4.30. The highest BCUT2D eigenvalue weighted by Crippen LogP contribution is 2.38. The Morgan fingerprint density at radius 3 is 2.53 bits per heavy atom. The smallest absolute Gasteiger partial charge is 0.469 e. The number of ether oxygens (including phenoxy) is 2. The van der Waals surface area contributed by atoms with Crippen LogP contribution in [-0.2, 0) is 9.09 Å². The molecule has 1 heterocycles. The van der Waals surface area contributed by atoms with Crippen molar-refractivity contribution in [3.05, 3.63) is 46.7 Å². The topological polar surface area (TPSA) is 161 Å². The van der Waals surface area contributed by atoms with Crippen molar-refractivity contribution in [2.45, 2.75) is 26.0 Å². The van der Waals surface area contributed by atoms with E-state index >= 15 is 0 Å². The predicted molar refractivity (Wildman–Crippen MR) is 135 cm³/mol. The van der Waals surface area contributed by atoms with E-state index in [9.17, 15) is 14.2 Å². The molecule has 3 rings (SSSR count). The molecule has 0 spiro atoms. The van der Waals surface area contributed by atoms with Gasteiger partial charge in [-0.1, -0.05) is 22.9 Å². The zero-order chi connectivity index (χ0) is 25.8. The number of benzene rings is 2. The molecule has 15 heteroatoms. The third-order valence-corrected chi connectivity index (χ3v) is 6.10. The Bertz CT molecular complexity index is 1300. The van der Waals surface area contributed by atoms with E-state index in [1.807, 2.05) is 13.8 Å². The van der Waals surface area contributed by atoms with Gasteiger partial charge in [-0.2, -0.15) is 5.26 Å². The lowest BCUT2D eigenvalue weighted by Gasteiger charge is -2.15. The Kier molecular flexibility index (Phi) is 10.6. The number of phosphoric acid groups is 1. The molecule has 0 aliphatic rings. The van der Waals surface area contributed by atoms with Crippen LogP contribution in [0.25, 0.3) is 21.1 Å². The van der Waals surface area contributed by atoms with Crippen molar-refractivity contribution in [3.8, 4) is 38.7 Å². The summed E-state index contributed by atoms with van der Waals surface area (Å²) in [4.78, 5) is 17.4. The van der Waals surface area contributed by atoms with Crippen LogP contribution >= 0.6 is 43.2 Å². The normalized spacial score (nSPS) is 12.1. The second-order valence-electron chi connectivity index (χ2n) is 7.52. The summed E-state index contributed by atoms with van der Waals surface area (Å²) in [5, 5.41) is 18.7. The fourth-order valence-electron chi connectivity index (χ4n) is 2.80. The molecule has 0 aliphatic carbocycles. The van der Waals surface area contributed by atoms with Crippen molar-refractivity contribution >= 4 is 43.2 Å². The molecule has 10 nitrogen and oxygen atoms in total. The molecule has 0 aliphatic heterocycles. The van der Waals surface area contributed by atoms with Crippen LogP contribution in [0.15, 0.2) is 30.3 Å². The molecular weight excluding hydrogens is 557 g/mol. The van der Waals surface area contributed by atoms with Gasteiger partial charge in [-0.05, 0) is 38.1 Å². The minimum atomic E-state index is -4.67. The van der Waals surface area contributed by atoms with Crippen LogP contribution in [0, 0.1) is 17.1 Å². The number of nitriles is 1. The molecule has 36 heavy (non-hydrogen) atoms. The molecule has 0 fully saturated rings. The number of hydrogen-bond acceptors (Lipinski definition) is 9. The maximum atomic E-state index is 14.6. The average Bonchev–Trinajstić information content (AvgIpc) is 3.27. The number of rotatable bonds is 10. The molecule has 0 saturated carbocycles. The molecule has 2 aromatic carbocycles. The monoisotopic (exact) mass is 578 g/mol. The summed E-state index contributed by atoms with van der Waals surface area (Å²) >= 11 is 7.48. The van der Waals surface area contributed by atoms with Crippen LogP contribution in [0.3, 0.4) is 0 Å². The first-order valence-electron chi connectivity index (χ1n) is 10.1. The summed E-state index contributed by atoms with van der Waals surface area (Å²) in [5.41, 5.74) is 6.94. The van der Waals surface area contributed by atoms with Crippen LogP contribution in [-0.4, -0.2) is 45.3 Å². The lowest BCUT2D eigenvalue weighted by Crippen LogP contribution is -2.32. The number of phosphoric ester groups is 1. The van der Waals surface area contributed by atoms with Gasteiger partial charge >= 0.3 is 7.82 Å². The SMILES string of the molecule is CC(C)Oc1ccc(-c2nnc(-c3cc(F)c(OCC(N)COP(=O)(O)O)cc3Cl)s2)cc1C#N.Cl. The molecule has 0 bridgehead atoms. The average molecular weight is 579 g/mol. The van der Waals surface area contributed by atoms with Crippen molar-refractivity contribution in [1.82, 2.24) is 10.2 Å². The number of hydrogen-bond donors (Lipinski definition) is 3. The quantitative estimate of drug-likeness (QED) is 0.291. The predicted octanol–water partition coefficient (Wildman–Crippen LogP) is 4.56. The summed E-state index contributed by atoms with van der Waals surface area (Å²) in [6, 6.07) is 8.64. The molecule has 0 saturated heterocycles. The summed E-state index contributed by atoms with van der Waals surface area (Å²) in [6.45, 7) is 2.97. The van der Waals surface area contributed by atoms with E-state index in [4.69, 9.17) is 36.6 Å². The molecule has 0 radical (unpaired) electrons. The van der Waals surface area contributed by atoms with Gasteiger partial charge in [0, 0.05) is 17.2 Å². The minimum absolute atomic E-state index is 0. The van der Waals surface area contributed by atoms with E-state index in [1.54, 1.807) is 18.2 Å². The Hall–Kier alpha value is -2.33. The largest absolute Gasteiger partial charge is 0.490 e. The molecule has 1 atom stereocenters. The second-order valence-corrected chi connectivity index (χ2v) is 10.1. The third kappa shape index (κ3) is 8.09. The molecule has 3 aromatic rings. The zero-order valence-electron chi connectivity index (χ0n) is 18.9. The highest BCUT2D eigenvalue weighted by Gasteiger charge is 2.19. The molecule has 194 valence electrons. The van der Waals surface area contributed by atoms with Crippen molar-refractivity contribution < 1.29 is 32.7 Å². The zero-order valence-corrected chi connectivity index (χ0v) is 22.2. The van der Waals surface area contributed by atoms with E-state index in [2.05, 4.69) is 20.8 Å². The van der Waals surface area contributed by atoms with Crippen LogP contribution < -0.4 is 15.2 Å². The van der Waals surface area contributed by atoms with Crippen LogP contribution in [0.1, 0.15) is 19.4 Å². The lowest BCUT2D eigenvalue weighted by atomic mass is 10.1. The van der Waals surface area contributed by atoms with Gasteiger partial charge in [0.25, 0.3) is 0 Å². The van der Waals surface area contributed by atoms with Crippen molar-refractivity contribution in [1.29, 1.82) is 5.26 Å². The first-order chi connectivity index (χ1) is 16.5. The van der Waals surface area contributed by atoms with Crippen LogP contribution in [0.5, 0.6) is 11.5 Å². The Morgan fingerprint density at radius 1 is 1.19 bits per heavy atom. The highest BCUT2D eigenvalue weighted by atomic mass is 35.5. The fraction of sp³-hybridized carbons (Fsp3) is 0.286. The maximum Gasteiger partial charge on any atom is 0.469 e. The van der Waals surface area contributed by atoms with E-state index < -0.39 is 26.3 Å². The second kappa shape index (κ2) is 12.8. The lowest BCUT2D eigenvalue weighted by molar-refractivity contribution is 0.164. The number of aromatic nitrogens is 2. The van der Waals surface area contributed by atoms with Crippen molar-refractivity contribution in [3.63, 3.8) is 0 Å². The van der Waals surface area contributed by atoms with E-state index in [1.165, 1.54) is 6.07 Å². The Morgan fingerprint density at radius 2 is 1.89 bits per heavy atom. The van der Waals surface area contributed by atoms with Crippen molar-refractivity contribution in [2.75, 3.05) is 13.2 Å². The molecular formula is C21H22Cl2FN4O6PS. The van der Waals surface area contributed by atoms with E-state index in [0.717, 1.165) is 17.4 Å². The van der Waals surface area contributed by atoms with Gasteiger partial charge in [-0.3, -0.25) is 4.52 Å². The Labute approximate surface area is 221 Å². The number of nitrogens with zero attached hydrogens (tertiary/aromatic N) is 3. The Balaban J connectivity index is 0.00000456. The van der Waals surface area contributed by atoms with Gasteiger partial charge in [0.2, 0.25) is 0 Å². The summed E-state index contributed by atoms with van der Waals surface area (Å²) in [6.07, 6.45) is -0.0890. The van der Waals surface area contributed by atoms with Gasteiger partial charge in [0.15, 0.2) is 11.6 Å².